The maximum Gasteiger partial charge on any atom is 0.416 e. The smallest absolute Gasteiger partial charge is 0.416 e. The van der Waals surface area contributed by atoms with E-state index in [0.29, 0.717) is 17.3 Å². The molecule has 0 amide bonds. The van der Waals surface area contributed by atoms with Gasteiger partial charge in [0.2, 0.25) is 0 Å². The fourth-order valence-corrected chi connectivity index (χ4v) is 4.94. The van der Waals surface area contributed by atoms with Crippen molar-refractivity contribution in [3.63, 3.8) is 0 Å². The average molecular weight is 503 g/mol. The van der Waals surface area contributed by atoms with Crippen LogP contribution in [0.2, 0.25) is 0 Å². The highest BCUT2D eigenvalue weighted by Crippen LogP contribution is 2.41. The summed E-state index contributed by atoms with van der Waals surface area (Å²) in [5.41, 5.74) is 2.92. The Balaban J connectivity index is 1.80. The molecule has 4 rings (SSSR count). The zero-order chi connectivity index (χ0) is 25.3. The molecule has 184 valence electrons. The highest BCUT2D eigenvalue weighted by Gasteiger charge is 2.41. The molecule has 6 nitrogen and oxygen atoms in total. The molecule has 0 saturated carbocycles. The molecule has 0 unspecified atom stereocenters. The molecule has 1 aliphatic rings. The van der Waals surface area contributed by atoms with Gasteiger partial charge >= 0.3 is 12.1 Å². The third-order valence-corrected chi connectivity index (χ3v) is 6.56. The van der Waals surface area contributed by atoms with Crippen LogP contribution in [0, 0.1) is 13.8 Å². The van der Waals surface area contributed by atoms with E-state index in [2.05, 4.69) is 10.3 Å². The normalized spacial score (nSPS) is 18.0. The first-order chi connectivity index (χ1) is 16.6. The first kappa shape index (κ1) is 24.7. The SMILES string of the molecule is COC(=O)CCN1C(=S)N[C@@H](c2ccccn2)[C@@H]1c1cc(C)n(-c2cccc(C(F)(F)F)c2)c1C. The molecule has 0 radical (unpaired) electrons. The van der Waals surface area contributed by atoms with Crippen LogP contribution >= 0.6 is 12.2 Å². The van der Waals surface area contributed by atoms with Gasteiger partial charge in [-0.2, -0.15) is 13.2 Å². The number of aromatic nitrogens is 2. The Morgan fingerprint density at radius 3 is 2.60 bits per heavy atom. The number of aryl methyl sites for hydroxylation is 1. The lowest BCUT2D eigenvalue weighted by atomic mass is 9.96. The van der Waals surface area contributed by atoms with E-state index in [1.807, 2.05) is 43.0 Å². The first-order valence-corrected chi connectivity index (χ1v) is 11.4. The van der Waals surface area contributed by atoms with Gasteiger partial charge in [-0.25, -0.2) is 0 Å². The van der Waals surface area contributed by atoms with Crippen molar-refractivity contribution >= 4 is 23.3 Å². The Hall–Kier alpha value is -3.40. The summed E-state index contributed by atoms with van der Waals surface area (Å²) in [6.45, 7) is 4.05. The Bertz CT molecular complexity index is 1240. The van der Waals surface area contributed by atoms with Crippen LogP contribution in [0.3, 0.4) is 0 Å². The van der Waals surface area contributed by atoms with Crippen molar-refractivity contribution in [1.82, 2.24) is 19.8 Å². The maximum atomic E-state index is 13.4. The number of pyridine rings is 1. The topological polar surface area (TPSA) is 59.4 Å². The van der Waals surface area contributed by atoms with E-state index >= 15 is 0 Å². The van der Waals surface area contributed by atoms with Gasteiger partial charge in [0, 0.05) is 29.8 Å². The first-order valence-electron chi connectivity index (χ1n) is 11.0. The molecule has 0 spiro atoms. The quantitative estimate of drug-likeness (QED) is 0.376. The number of carbonyl (C=O) groups is 1. The summed E-state index contributed by atoms with van der Waals surface area (Å²) in [6.07, 6.45) is -2.61. The van der Waals surface area contributed by atoms with Crippen LogP contribution in [0.4, 0.5) is 13.2 Å². The highest BCUT2D eigenvalue weighted by atomic mass is 32.1. The number of alkyl halides is 3. The van der Waals surface area contributed by atoms with Gasteiger partial charge in [0.05, 0.1) is 36.9 Å². The van der Waals surface area contributed by atoms with Gasteiger partial charge in [-0.15, -0.1) is 0 Å². The Morgan fingerprint density at radius 1 is 1.17 bits per heavy atom. The van der Waals surface area contributed by atoms with Gasteiger partial charge in [-0.1, -0.05) is 12.1 Å². The molecule has 1 aliphatic heterocycles. The number of thiocarbonyl (C=S) groups is 1. The van der Waals surface area contributed by atoms with E-state index in [-0.39, 0.29) is 24.5 Å². The molecular weight excluding hydrogens is 477 g/mol. The van der Waals surface area contributed by atoms with Crippen LogP contribution in [0.1, 0.15) is 46.7 Å². The molecule has 1 fully saturated rings. The van der Waals surface area contributed by atoms with E-state index in [1.54, 1.807) is 16.8 Å². The molecular formula is C25H25F3N4O2S. The van der Waals surface area contributed by atoms with Gasteiger partial charge in [-0.05, 0) is 68.0 Å². The standard InChI is InChI=1S/C25H25F3N4O2S/c1-15-13-19(16(2)32(15)18-8-6-7-17(14-18)25(26,27)28)23-22(20-9-4-5-11-29-20)30-24(35)31(23)12-10-21(33)34-3/h4-9,11,13-14,22-23H,10,12H2,1-3H3,(H,30,35)/t22-,23-/m0/s1. The van der Waals surface area contributed by atoms with Crippen LogP contribution < -0.4 is 5.32 Å². The number of nitrogens with one attached hydrogen (secondary N) is 1. The van der Waals surface area contributed by atoms with Gasteiger partial charge in [-0.3, -0.25) is 9.78 Å². The molecule has 0 bridgehead atoms. The minimum absolute atomic E-state index is 0.135. The zero-order valence-electron chi connectivity index (χ0n) is 19.5. The number of carbonyl (C=O) groups excluding carboxylic acids is 1. The second kappa shape index (κ2) is 9.69. The van der Waals surface area contributed by atoms with Crippen molar-refractivity contribution in [3.8, 4) is 5.69 Å². The number of rotatable bonds is 6. The number of halogens is 3. The molecule has 1 aromatic carbocycles. The van der Waals surface area contributed by atoms with Crippen molar-refractivity contribution in [3.05, 3.63) is 82.9 Å². The number of hydrogen-bond acceptors (Lipinski definition) is 4. The number of methoxy groups -OCH3 is 1. The molecule has 35 heavy (non-hydrogen) atoms. The Labute approximate surface area is 206 Å². The minimum Gasteiger partial charge on any atom is -0.469 e. The number of hydrogen-bond donors (Lipinski definition) is 1. The summed E-state index contributed by atoms with van der Waals surface area (Å²) in [7, 11) is 1.33. The van der Waals surface area contributed by atoms with Crippen molar-refractivity contribution < 1.29 is 22.7 Å². The second-order valence-corrected chi connectivity index (χ2v) is 8.74. The predicted octanol–water partition coefficient (Wildman–Crippen LogP) is 5.04. The van der Waals surface area contributed by atoms with Crippen molar-refractivity contribution in [1.29, 1.82) is 0 Å². The van der Waals surface area contributed by atoms with Crippen molar-refractivity contribution in [2.75, 3.05) is 13.7 Å². The van der Waals surface area contributed by atoms with Gasteiger partial charge < -0.3 is 19.5 Å². The highest BCUT2D eigenvalue weighted by molar-refractivity contribution is 7.80. The van der Waals surface area contributed by atoms with Gasteiger partial charge in [0.15, 0.2) is 5.11 Å². The molecule has 3 heterocycles. The largest absolute Gasteiger partial charge is 0.469 e. The summed E-state index contributed by atoms with van der Waals surface area (Å²) >= 11 is 5.62. The molecule has 2 aromatic heterocycles. The van der Waals surface area contributed by atoms with Crippen LogP contribution in [-0.4, -0.2) is 39.2 Å². The van der Waals surface area contributed by atoms with Gasteiger partial charge in [0.1, 0.15) is 0 Å². The van der Waals surface area contributed by atoms with E-state index in [0.717, 1.165) is 34.8 Å². The third-order valence-electron chi connectivity index (χ3n) is 6.20. The van der Waals surface area contributed by atoms with Crippen molar-refractivity contribution in [2.45, 2.75) is 38.5 Å². The van der Waals surface area contributed by atoms with E-state index in [1.165, 1.54) is 13.2 Å². The van der Waals surface area contributed by atoms with Crippen LogP contribution in [0.5, 0.6) is 0 Å². The molecule has 3 aromatic rings. The lowest BCUT2D eigenvalue weighted by Gasteiger charge is -2.28. The Kier molecular flexibility index (Phi) is 6.84. The summed E-state index contributed by atoms with van der Waals surface area (Å²) in [6, 6.07) is 12.2. The minimum atomic E-state index is -4.44. The number of esters is 1. The zero-order valence-corrected chi connectivity index (χ0v) is 20.3. The lowest BCUT2D eigenvalue weighted by Crippen LogP contribution is -2.32. The van der Waals surface area contributed by atoms with E-state index in [9.17, 15) is 18.0 Å². The molecule has 0 aliphatic carbocycles. The van der Waals surface area contributed by atoms with Crippen molar-refractivity contribution in [2.24, 2.45) is 0 Å². The maximum absolute atomic E-state index is 13.4. The average Bonchev–Trinajstić information content (AvgIpc) is 3.32. The molecule has 1 saturated heterocycles. The summed E-state index contributed by atoms with van der Waals surface area (Å²) in [5, 5.41) is 3.79. The third kappa shape index (κ3) is 4.88. The van der Waals surface area contributed by atoms with E-state index in [4.69, 9.17) is 17.0 Å². The number of ether oxygens (including phenoxy) is 1. The van der Waals surface area contributed by atoms with Crippen LogP contribution in [0.15, 0.2) is 54.7 Å². The fraction of sp³-hybridized carbons (Fsp3) is 0.320. The molecule has 10 heteroatoms. The van der Waals surface area contributed by atoms with Crippen LogP contribution in [0.25, 0.3) is 5.69 Å². The summed E-state index contributed by atoms with van der Waals surface area (Å²) in [4.78, 5) is 18.3. The van der Waals surface area contributed by atoms with E-state index < -0.39 is 11.7 Å². The lowest BCUT2D eigenvalue weighted by molar-refractivity contribution is -0.141. The number of nitrogens with zero attached hydrogens (tertiary/aromatic N) is 3. The predicted molar refractivity (Wildman–Crippen MR) is 129 cm³/mol. The summed E-state index contributed by atoms with van der Waals surface area (Å²) in [5.74, 6) is -0.359. The van der Waals surface area contributed by atoms with Crippen LogP contribution in [-0.2, 0) is 15.7 Å². The monoisotopic (exact) mass is 502 g/mol. The van der Waals surface area contributed by atoms with Gasteiger partial charge in [0.25, 0.3) is 0 Å². The number of benzene rings is 1. The molecule has 2 atom stereocenters. The summed E-state index contributed by atoms with van der Waals surface area (Å²) < 4.78 is 46.7. The molecule has 1 N–H and O–H groups in total. The second-order valence-electron chi connectivity index (χ2n) is 8.36. The Morgan fingerprint density at radius 2 is 1.94 bits per heavy atom. The fourth-order valence-electron chi connectivity index (χ4n) is 4.60.